The van der Waals surface area contributed by atoms with Crippen LogP contribution in [0.15, 0.2) is 36.4 Å². The van der Waals surface area contributed by atoms with E-state index < -0.39 is 5.97 Å². The summed E-state index contributed by atoms with van der Waals surface area (Å²) in [4.78, 5) is 11.3. The normalized spacial score (nSPS) is 21.6. The Morgan fingerprint density at radius 1 is 1.19 bits per heavy atom. The zero-order chi connectivity index (χ0) is 14.8. The third-order valence-corrected chi connectivity index (χ3v) is 5.33. The SMILES string of the molecule is CSC1CCC(Nc2ccc(C(=O)O)c3ccccc23)C1. The average Bonchev–Trinajstić information content (AvgIpc) is 2.95. The zero-order valence-electron chi connectivity index (χ0n) is 12.0. The topological polar surface area (TPSA) is 49.3 Å². The molecule has 2 aromatic rings. The predicted octanol–water partition coefficient (Wildman–Crippen LogP) is 4.23. The third kappa shape index (κ3) is 2.86. The van der Waals surface area contributed by atoms with E-state index >= 15 is 0 Å². The maximum Gasteiger partial charge on any atom is 0.336 e. The van der Waals surface area contributed by atoms with Crippen molar-refractivity contribution in [1.29, 1.82) is 0 Å². The lowest BCUT2D eigenvalue weighted by molar-refractivity contribution is 0.0699. The molecular weight excluding hydrogens is 282 g/mol. The van der Waals surface area contributed by atoms with Gasteiger partial charge in [-0.25, -0.2) is 4.79 Å². The van der Waals surface area contributed by atoms with Crippen LogP contribution in [-0.2, 0) is 0 Å². The smallest absolute Gasteiger partial charge is 0.336 e. The number of carboxylic acids is 1. The molecule has 0 radical (unpaired) electrons. The molecule has 0 spiro atoms. The highest BCUT2D eigenvalue weighted by atomic mass is 32.2. The zero-order valence-corrected chi connectivity index (χ0v) is 12.8. The molecule has 21 heavy (non-hydrogen) atoms. The van der Waals surface area contributed by atoms with Gasteiger partial charge in [0, 0.05) is 22.4 Å². The molecule has 2 unspecified atom stereocenters. The minimum Gasteiger partial charge on any atom is -0.478 e. The Morgan fingerprint density at radius 2 is 1.95 bits per heavy atom. The summed E-state index contributed by atoms with van der Waals surface area (Å²) < 4.78 is 0. The molecule has 3 rings (SSSR count). The fourth-order valence-electron chi connectivity index (χ4n) is 3.12. The molecule has 4 heteroatoms. The van der Waals surface area contributed by atoms with Gasteiger partial charge in [-0.05, 0) is 43.0 Å². The van der Waals surface area contributed by atoms with Crippen molar-refractivity contribution in [3.63, 3.8) is 0 Å². The van der Waals surface area contributed by atoms with E-state index in [0.717, 1.165) is 21.7 Å². The van der Waals surface area contributed by atoms with Crippen LogP contribution in [0.1, 0.15) is 29.6 Å². The first-order valence-electron chi connectivity index (χ1n) is 7.23. The van der Waals surface area contributed by atoms with Crippen molar-refractivity contribution >= 4 is 34.2 Å². The van der Waals surface area contributed by atoms with Gasteiger partial charge < -0.3 is 10.4 Å². The van der Waals surface area contributed by atoms with Crippen molar-refractivity contribution in [2.24, 2.45) is 0 Å². The number of carbonyl (C=O) groups is 1. The molecule has 0 aromatic heterocycles. The first kappa shape index (κ1) is 14.3. The Hall–Kier alpha value is -1.68. The van der Waals surface area contributed by atoms with E-state index in [1.165, 1.54) is 19.3 Å². The number of benzene rings is 2. The number of thioether (sulfide) groups is 1. The number of hydrogen-bond donors (Lipinski definition) is 2. The second-order valence-corrected chi connectivity index (χ2v) is 6.66. The molecule has 1 aliphatic carbocycles. The van der Waals surface area contributed by atoms with Crippen LogP contribution in [0.25, 0.3) is 10.8 Å². The van der Waals surface area contributed by atoms with Crippen LogP contribution in [0.5, 0.6) is 0 Å². The Kier molecular flexibility index (Phi) is 4.06. The Balaban J connectivity index is 1.93. The lowest BCUT2D eigenvalue weighted by Crippen LogP contribution is -2.16. The van der Waals surface area contributed by atoms with E-state index in [1.54, 1.807) is 6.07 Å². The summed E-state index contributed by atoms with van der Waals surface area (Å²) in [5.74, 6) is -0.874. The molecule has 0 aliphatic heterocycles. The van der Waals surface area contributed by atoms with E-state index in [9.17, 15) is 9.90 Å². The summed E-state index contributed by atoms with van der Waals surface area (Å²) in [6, 6.07) is 11.8. The van der Waals surface area contributed by atoms with Gasteiger partial charge in [-0.1, -0.05) is 24.3 Å². The van der Waals surface area contributed by atoms with Crippen molar-refractivity contribution in [1.82, 2.24) is 0 Å². The molecule has 0 amide bonds. The number of rotatable bonds is 4. The minimum atomic E-state index is -0.874. The number of fused-ring (bicyclic) bond motifs is 1. The van der Waals surface area contributed by atoms with E-state index in [-0.39, 0.29) is 0 Å². The highest BCUT2D eigenvalue weighted by Crippen LogP contribution is 2.33. The molecule has 0 bridgehead atoms. The molecule has 3 nitrogen and oxygen atoms in total. The van der Waals surface area contributed by atoms with Gasteiger partial charge in [-0.15, -0.1) is 0 Å². The van der Waals surface area contributed by atoms with E-state index in [4.69, 9.17) is 0 Å². The van der Waals surface area contributed by atoms with Crippen LogP contribution >= 0.6 is 11.8 Å². The maximum atomic E-state index is 11.3. The Morgan fingerprint density at radius 3 is 2.62 bits per heavy atom. The number of nitrogens with one attached hydrogen (secondary N) is 1. The summed E-state index contributed by atoms with van der Waals surface area (Å²) in [5, 5.41) is 15.4. The molecule has 0 saturated heterocycles. The van der Waals surface area contributed by atoms with Crippen LogP contribution in [0, 0.1) is 0 Å². The van der Waals surface area contributed by atoms with Crippen molar-refractivity contribution in [3.8, 4) is 0 Å². The van der Waals surface area contributed by atoms with E-state index in [0.29, 0.717) is 11.6 Å². The van der Waals surface area contributed by atoms with Gasteiger partial charge in [0.15, 0.2) is 0 Å². The first-order valence-corrected chi connectivity index (χ1v) is 8.52. The van der Waals surface area contributed by atoms with Crippen LogP contribution in [-0.4, -0.2) is 28.6 Å². The molecule has 1 saturated carbocycles. The molecule has 2 aromatic carbocycles. The lowest BCUT2D eigenvalue weighted by Gasteiger charge is -2.17. The number of carboxylic acid groups (broad SMARTS) is 1. The van der Waals surface area contributed by atoms with Gasteiger partial charge in [0.1, 0.15) is 0 Å². The minimum absolute atomic E-state index is 0.365. The average molecular weight is 301 g/mol. The van der Waals surface area contributed by atoms with Crippen LogP contribution in [0.4, 0.5) is 5.69 Å². The van der Waals surface area contributed by atoms with Gasteiger partial charge in [0.25, 0.3) is 0 Å². The van der Waals surface area contributed by atoms with Crippen molar-refractivity contribution < 1.29 is 9.90 Å². The highest BCUT2D eigenvalue weighted by Gasteiger charge is 2.24. The van der Waals surface area contributed by atoms with Gasteiger partial charge in [-0.2, -0.15) is 11.8 Å². The Bertz CT molecular complexity index is 671. The van der Waals surface area contributed by atoms with Crippen molar-refractivity contribution in [3.05, 3.63) is 42.0 Å². The second kappa shape index (κ2) is 5.98. The summed E-state index contributed by atoms with van der Waals surface area (Å²) in [6.45, 7) is 0. The van der Waals surface area contributed by atoms with Gasteiger partial charge in [0.2, 0.25) is 0 Å². The summed E-state index contributed by atoms with van der Waals surface area (Å²) in [6.07, 6.45) is 5.78. The summed E-state index contributed by atoms with van der Waals surface area (Å²) >= 11 is 1.94. The molecular formula is C17H19NO2S. The third-order valence-electron chi connectivity index (χ3n) is 4.23. The second-order valence-electron chi connectivity index (χ2n) is 5.52. The molecule has 2 atom stereocenters. The summed E-state index contributed by atoms with van der Waals surface area (Å²) in [5.41, 5.74) is 1.41. The summed E-state index contributed by atoms with van der Waals surface area (Å²) in [7, 11) is 0. The molecule has 0 heterocycles. The van der Waals surface area contributed by atoms with Crippen molar-refractivity contribution in [2.45, 2.75) is 30.6 Å². The van der Waals surface area contributed by atoms with Gasteiger partial charge in [0.05, 0.1) is 5.56 Å². The largest absolute Gasteiger partial charge is 0.478 e. The number of anilines is 1. The van der Waals surface area contributed by atoms with Crippen LogP contribution < -0.4 is 5.32 Å². The van der Waals surface area contributed by atoms with E-state index in [2.05, 4.69) is 11.6 Å². The quantitative estimate of drug-likeness (QED) is 0.887. The van der Waals surface area contributed by atoms with Crippen molar-refractivity contribution in [2.75, 3.05) is 11.6 Å². The van der Waals surface area contributed by atoms with Crippen LogP contribution in [0.3, 0.4) is 0 Å². The van der Waals surface area contributed by atoms with E-state index in [1.807, 2.05) is 42.1 Å². The first-order chi connectivity index (χ1) is 10.2. The fourth-order valence-corrected chi connectivity index (χ4v) is 3.91. The lowest BCUT2D eigenvalue weighted by atomic mass is 10.0. The fraction of sp³-hybridized carbons (Fsp3) is 0.353. The molecule has 1 fully saturated rings. The highest BCUT2D eigenvalue weighted by molar-refractivity contribution is 7.99. The maximum absolute atomic E-state index is 11.3. The van der Waals surface area contributed by atoms with Gasteiger partial charge >= 0.3 is 5.97 Å². The molecule has 2 N–H and O–H groups in total. The Labute approximate surface area is 128 Å². The van der Waals surface area contributed by atoms with Crippen LogP contribution in [0.2, 0.25) is 0 Å². The number of hydrogen-bond acceptors (Lipinski definition) is 3. The molecule has 1 aliphatic rings. The number of aromatic carboxylic acids is 1. The molecule has 110 valence electrons. The predicted molar refractivity (Wildman–Crippen MR) is 89.5 cm³/mol. The van der Waals surface area contributed by atoms with Gasteiger partial charge in [-0.3, -0.25) is 0 Å². The standard InChI is InChI=1S/C17H19NO2S/c1-21-12-7-6-11(10-12)18-16-9-8-15(17(19)20)13-4-2-3-5-14(13)16/h2-5,8-9,11-12,18H,6-7,10H2,1H3,(H,19,20). The monoisotopic (exact) mass is 301 g/mol.